The van der Waals surface area contributed by atoms with E-state index in [1.807, 2.05) is 0 Å². The first-order chi connectivity index (χ1) is 6.03. The van der Waals surface area contributed by atoms with Crippen LogP contribution in [0.5, 0.6) is 0 Å². The number of hydrogen-bond acceptors (Lipinski definition) is 4. The van der Waals surface area contributed by atoms with E-state index in [1.54, 1.807) is 0 Å². The summed E-state index contributed by atoms with van der Waals surface area (Å²) in [6.07, 6.45) is 0.950. The van der Waals surface area contributed by atoms with Gasteiger partial charge in [-0.15, -0.1) is 0 Å². The minimum Gasteiger partial charge on any atom is -0.409 e. The van der Waals surface area contributed by atoms with Crippen LogP contribution in [-0.4, -0.2) is 35.8 Å². The van der Waals surface area contributed by atoms with Crippen LogP contribution in [0.1, 0.15) is 20.3 Å². The van der Waals surface area contributed by atoms with Gasteiger partial charge in [-0.05, 0) is 20.3 Å². The second-order valence-electron chi connectivity index (χ2n) is 3.94. The fourth-order valence-electron chi connectivity index (χ4n) is 1.45. The van der Waals surface area contributed by atoms with Crippen LogP contribution in [0.2, 0.25) is 0 Å². The summed E-state index contributed by atoms with van der Waals surface area (Å²) in [6.45, 7) is 5.20. The molecule has 4 N–H and O–H groups in total. The van der Waals surface area contributed by atoms with Gasteiger partial charge in [0, 0.05) is 6.04 Å². The first-order valence-electron chi connectivity index (χ1n) is 4.37. The van der Waals surface area contributed by atoms with E-state index < -0.39 is 0 Å². The van der Waals surface area contributed by atoms with E-state index in [0.717, 1.165) is 6.42 Å². The fourth-order valence-corrected chi connectivity index (χ4v) is 1.45. The van der Waals surface area contributed by atoms with Gasteiger partial charge in [0.1, 0.15) is 0 Å². The number of ether oxygens (including phenoxy) is 1. The molecule has 0 aromatic heterocycles. The highest BCUT2D eigenvalue weighted by Gasteiger charge is 2.31. The van der Waals surface area contributed by atoms with Crippen molar-refractivity contribution in [3.05, 3.63) is 0 Å². The summed E-state index contributed by atoms with van der Waals surface area (Å²) in [4.78, 5) is 0. The van der Waals surface area contributed by atoms with Crippen molar-refractivity contribution in [1.29, 1.82) is 0 Å². The molecule has 0 bridgehead atoms. The Kier molecular flexibility index (Phi) is 3.11. The van der Waals surface area contributed by atoms with E-state index in [0.29, 0.717) is 19.2 Å². The number of oxime groups is 1. The van der Waals surface area contributed by atoms with Gasteiger partial charge >= 0.3 is 0 Å². The highest BCUT2D eigenvalue weighted by atomic mass is 16.5. The molecule has 1 aliphatic rings. The third kappa shape index (κ3) is 3.20. The van der Waals surface area contributed by atoms with Crippen molar-refractivity contribution >= 4 is 5.84 Å². The number of hydrogen-bond donors (Lipinski definition) is 3. The van der Waals surface area contributed by atoms with Gasteiger partial charge in [0.15, 0.2) is 5.84 Å². The van der Waals surface area contributed by atoms with Gasteiger partial charge in [-0.3, -0.25) is 0 Å². The van der Waals surface area contributed by atoms with Crippen LogP contribution in [0.25, 0.3) is 0 Å². The molecule has 1 rings (SSSR count). The Labute approximate surface area is 77.9 Å². The van der Waals surface area contributed by atoms with Crippen LogP contribution in [0, 0.1) is 0 Å². The Morgan fingerprint density at radius 2 is 2.46 bits per heavy atom. The van der Waals surface area contributed by atoms with E-state index >= 15 is 0 Å². The number of rotatable bonds is 3. The lowest BCUT2D eigenvalue weighted by Crippen LogP contribution is -2.37. The topological polar surface area (TPSA) is 79.9 Å². The smallest absolute Gasteiger partial charge is 0.153 e. The minimum atomic E-state index is -0.0528. The molecule has 1 aliphatic heterocycles. The van der Waals surface area contributed by atoms with Crippen LogP contribution in [0.4, 0.5) is 0 Å². The molecule has 0 spiro atoms. The first-order valence-corrected chi connectivity index (χ1v) is 4.37. The molecule has 0 aliphatic carbocycles. The monoisotopic (exact) mass is 187 g/mol. The lowest BCUT2D eigenvalue weighted by Gasteiger charge is -2.15. The van der Waals surface area contributed by atoms with E-state index in [-0.39, 0.29) is 11.4 Å². The molecule has 0 radical (unpaired) electrons. The molecule has 5 heteroatoms. The Morgan fingerprint density at radius 3 is 2.92 bits per heavy atom. The molecule has 1 atom stereocenters. The maximum Gasteiger partial charge on any atom is 0.153 e. The lowest BCUT2D eigenvalue weighted by atomic mass is 10.0. The van der Waals surface area contributed by atoms with Gasteiger partial charge in [-0.2, -0.15) is 0 Å². The molecule has 0 saturated carbocycles. The van der Waals surface area contributed by atoms with Crippen LogP contribution >= 0.6 is 0 Å². The summed E-state index contributed by atoms with van der Waals surface area (Å²) in [5, 5.41) is 14.3. The normalized spacial score (nSPS) is 27.8. The Morgan fingerprint density at radius 1 is 1.77 bits per heavy atom. The van der Waals surface area contributed by atoms with Crippen LogP contribution in [-0.2, 0) is 4.74 Å². The van der Waals surface area contributed by atoms with E-state index in [4.69, 9.17) is 15.7 Å². The van der Waals surface area contributed by atoms with E-state index in [1.165, 1.54) is 0 Å². The van der Waals surface area contributed by atoms with Crippen LogP contribution < -0.4 is 11.1 Å². The lowest BCUT2D eigenvalue weighted by molar-refractivity contribution is 0.0358. The predicted octanol–water partition coefficient (Wildman–Crippen LogP) is -0.110. The standard InChI is InChI=1S/C8H17N3O2/c1-8(2)3-6(5-13-8)10-4-7(9)11-12/h6,10,12H,3-5H2,1-2H3,(H2,9,11). The minimum absolute atomic E-state index is 0.0528. The Hall–Kier alpha value is -0.810. The first kappa shape index (κ1) is 10.3. The summed E-state index contributed by atoms with van der Waals surface area (Å²) < 4.78 is 5.51. The summed E-state index contributed by atoms with van der Waals surface area (Å²) in [7, 11) is 0. The molecule has 1 fully saturated rings. The van der Waals surface area contributed by atoms with Gasteiger partial charge < -0.3 is 21.0 Å². The number of nitrogens with one attached hydrogen (secondary N) is 1. The molecule has 0 aromatic rings. The number of nitrogens with zero attached hydrogens (tertiary/aromatic N) is 1. The summed E-state index contributed by atoms with van der Waals surface area (Å²) in [5.41, 5.74) is 5.26. The average Bonchev–Trinajstić information content (AvgIpc) is 2.41. The number of nitrogens with two attached hydrogens (primary N) is 1. The van der Waals surface area contributed by atoms with Gasteiger partial charge in [0.2, 0.25) is 0 Å². The zero-order valence-corrected chi connectivity index (χ0v) is 8.08. The largest absolute Gasteiger partial charge is 0.409 e. The molecular formula is C8H17N3O2. The van der Waals surface area contributed by atoms with Crippen molar-refractivity contribution < 1.29 is 9.94 Å². The SMILES string of the molecule is CC1(C)CC(NC/C(N)=N/O)CO1. The van der Waals surface area contributed by atoms with Crippen LogP contribution in [0.3, 0.4) is 0 Å². The third-order valence-electron chi connectivity index (χ3n) is 2.11. The second-order valence-corrected chi connectivity index (χ2v) is 3.94. The van der Waals surface area contributed by atoms with Crippen molar-refractivity contribution in [3.8, 4) is 0 Å². The second kappa shape index (κ2) is 3.93. The molecule has 13 heavy (non-hydrogen) atoms. The molecule has 1 heterocycles. The molecular weight excluding hydrogens is 170 g/mol. The van der Waals surface area contributed by atoms with Crippen molar-refractivity contribution in [2.24, 2.45) is 10.9 Å². The maximum atomic E-state index is 8.30. The molecule has 5 nitrogen and oxygen atoms in total. The van der Waals surface area contributed by atoms with Crippen molar-refractivity contribution in [2.45, 2.75) is 31.9 Å². The third-order valence-corrected chi connectivity index (χ3v) is 2.11. The quantitative estimate of drug-likeness (QED) is 0.249. The van der Waals surface area contributed by atoms with Gasteiger partial charge in [-0.1, -0.05) is 5.16 Å². The maximum absolute atomic E-state index is 8.30. The zero-order chi connectivity index (χ0) is 9.90. The summed E-state index contributed by atoms with van der Waals surface area (Å²) >= 11 is 0. The van der Waals surface area contributed by atoms with Gasteiger partial charge in [0.05, 0.1) is 18.8 Å². The fraction of sp³-hybridized carbons (Fsp3) is 0.875. The van der Waals surface area contributed by atoms with Gasteiger partial charge in [-0.25, -0.2) is 0 Å². The highest BCUT2D eigenvalue weighted by molar-refractivity contribution is 5.81. The molecule has 0 aromatic carbocycles. The predicted molar refractivity (Wildman–Crippen MR) is 49.8 cm³/mol. The Balaban J connectivity index is 2.25. The summed E-state index contributed by atoms with van der Waals surface area (Å²) in [5.74, 6) is 0.199. The summed E-state index contributed by atoms with van der Waals surface area (Å²) in [6, 6.07) is 0.301. The number of amidine groups is 1. The zero-order valence-electron chi connectivity index (χ0n) is 8.08. The molecule has 76 valence electrons. The van der Waals surface area contributed by atoms with Crippen LogP contribution in [0.15, 0.2) is 5.16 Å². The molecule has 0 amide bonds. The van der Waals surface area contributed by atoms with Crippen molar-refractivity contribution in [1.82, 2.24) is 5.32 Å². The van der Waals surface area contributed by atoms with Crippen molar-refractivity contribution in [3.63, 3.8) is 0 Å². The van der Waals surface area contributed by atoms with Gasteiger partial charge in [0.25, 0.3) is 0 Å². The highest BCUT2D eigenvalue weighted by Crippen LogP contribution is 2.23. The molecule has 1 unspecified atom stereocenters. The average molecular weight is 187 g/mol. The van der Waals surface area contributed by atoms with Crippen molar-refractivity contribution in [2.75, 3.05) is 13.2 Å². The Bertz CT molecular complexity index is 204. The van der Waals surface area contributed by atoms with E-state index in [2.05, 4.69) is 24.3 Å². The van der Waals surface area contributed by atoms with E-state index in [9.17, 15) is 0 Å². The molecule has 1 saturated heterocycles.